The Balaban J connectivity index is 0.00000441. The SMILES string of the molecule is CCCC(C)(N)C(=O)NC(C)C(OC)c1ccc(F)cc1.Cl. The van der Waals surface area contributed by atoms with Crippen molar-refractivity contribution < 1.29 is 13.9 Å². The summed E-state index contributed by atoms with van der Waals surface area (Å²) in [5, 5.41) is 2.89. The minimum Gasteiger partial charge on any atom is -0.375 e. The number of carbonyl (C=O) groups excluding carboxylic acids is 1. The van der Waals surface area contributed by atoms with Crippen molar-refractivity contribution in [2.24, 2.45) is 5.73 Å². The predicted octanol–water partition coefficient (Wildman–Crippen LogP) is 2.96. The summed E-state index contributed by atoms with van der Waals surface area (Å²) in [6.07, 6.45) is 1.09. The van der Waals surface area contributed by atoms with Gasteiger partial charge in [-0.15, -0.1) is 12.4 Å². The summed E-state index contributed by atoms with van der Waals surface area (Å²) in [5.74, 6) is -0.510. The zero-order chi connectivity index (χ0) is 16.0. The smallest absolute Gasteiger partial charge is 0.240 e. The lowest BCUT2D eigenvalue weighted by molar-refractivity contribution is -0.127. The second-order valence-electron chi connectivity index (χ2n) is 5.64. The number of rotatable bonds is 7. The Labute approximate surface area is 138 Å². The molecule has 0 aliphatic rings. The van der Waals surface area contributed by atoms with Crippen LogP contribution in [0.15, 0.2) is 24.3 Å². The molecule has 1 rings (SSSR count). The van der Waals surface area contributed by atoms with E-state index >= 15 is 0 Å². The molecule has 0 aliphatic heterocycles. The summed E-state index contributed by atoms with van der Waals surface area (Å²) in [6, 6.07) is 5.78. The van der Waals surface area contributed by atoms with E-state index < -0.39 is 5.54 Å². The maximum atomic E-state index is 13.0. The number of carbonyl (C=O) groups is 1. The Morgan fingerprint density at radius 3 is 2.41 bits per heavy atom. The number of amides is 1. The molecule has 0 saturated heterocycles. The highest BCUT2D eigenvalue weighted by atomic mass is 35.5. The lowest BCUT2D eigenvalue weighted by Crippen LogP contribution is -2.54. The molecule has 1 amide bonds. The summed E-state index contributed by atoms with van der Waals surface area (Å²) >= 11 is 0. The van der Waals surface area contributed by atoms with E-state index in [-0.39, 0.29) is 36.3 Å². The number of benzene rings is 1. The molecule has 0 saturated carbocycles. The lowest BCUT2D eigenvalue weighted by atomic mass is 9.95. The molecule has 0 fully saturated rings. The lowest BCUT2D eigenvalue weighted by Gasteiger charge is -2.29. The summed E-state index contributed by atoms with van der Waals surface area (Å²) < 4.78 is 18.4. The van der Waals surface area contributed by atoms with E-state index in [4.69, 9.17) is 10.5 Å². The molecular formula is C16H26ClFN2O2. The molecule has 4 nitrogen and oxygen atoms in total. The van der Waals surface area contributed by atoms with Gasteiger partial charge in [-0.3, -0.25) is 4.79 Å². The molecule has 22 heavy (non-hydrogen) atoms. The quantitative estimate of drug-likeness (QED) is 0.806. The Kier molecular flexibility index (Phi) is 8.60. The van der Waals surface area contributed by atoms with Gasteiger partial charge < -0.3 is 15.8 Å². The van der Waals surface area contributed by atoms with Crippen molar-refractivity contribution in [1.82, 2.24) is 5.32 Å². The molecule has 3 unspecified atom stereocenters. The van der Waals surface area contributed by atoms with Crippen molar-refractivity contribution in [2.45, 2.75) is 51.3 Å². The topological polar surface area (TPSA) is 64.4 Å². The van der Waals surface area contributed by atoms with Gasteiger partial charge >= 0.3 is 0 Å². The number of hydrogen-bond acceptors (Lipinski definition) is 3. The van der Waals surface area contributed by atoms with Crippen LogP contribution in [0.2, 0.25) is 0 Å². The number of nitrogens with one attached hydrogen (secondary N) is 1. The van der Waals surface area contributed by atoms with E-state index in [2.05, 4.69) is 5.32 Å². The third kappa shape index (κ3) is 5.55. The van der Waals surface area contributed by atoms with Crippen molar-refractivity contribution in [2.75, 3.05) is 7.11 Å². The first-order valence-electron chi connectivity index (χ1n) is 7.20. The second kappa shape index (κ2) is 9.08. The molecule has 0 radical (unpaired) electrons. The van der Waals surface area contributed by atoms with Crippen molar-refractivity contribution >= 4 is 18.3 Å². The van der Waals surface area contributed by atoms with Crippen molar-refractivity contribution in [1.29, 1.82) is 0 Å². The Morgan fingerprint density at radius 1 is 1.41 bits per heavy atom. The minimum atomic E-state index is -0.899. The number of ether oxygens (including phenoxy) is 1. The summed E-state index contributed by atoms with van der Waals surface area (Å²) in [6.45, 7) is 5.55. The van der Waals surface area contributed by atoms with E-state index in [1.54, 1.807) is 26.2 Å². The highest BCUT2D eigenvalue weighted by Crippen LogP contribution is 2.21. The van der Waals surface area contributed by atoms with E-state index in [9.17, 15) is 9.18 Å². The first-order chi connectivity index (χ1) is 9.81. The molecule has 0 bridgehead atoms. The molecule has 0 spiro atoms. The van der Waals surface area contributed by atoms with E-state index in [0.29, 0.717) is 6.42 Å². The maximum absolute atomic E-state index is 13.0. The van der Waals surface area contributed by atoms with Crippen molar-refractivity contribution in [3.05, 3.63) is 35.6 Å². The molecular weight excluding hydrogens is 307 g/mol. The van der Waals surface area contributed by atoms with E-state index in [1.165, 1.54) is 12.1 Å². The fourth-order valence-corrected chi connectivity index (χ4v) is 2.36. The molecule has 0 aliphatic carbocycles. The summed E-state index contributed by atoms with van der Waals surface area (Å²) in [4.78, 5) is 12.2. The molecule has 1 aromatic carbocycles. The van der Waals surface area contributed by atoms with Gasteiger partial charge in [-0.1, -0.05) is 25.5 Å². The first kappa shape index (κ1) is 20.8. The van der Waals surface area contributed by atoms with Gasteiger partial charge in [0.1, 0.15) is 11.9 Å². The van der Waals surface area contributed by atoms with Gasteiger partial charge in [0.25, 0.3) is 0 Å². The van der Waals surface area contributed by atoms with Gasteiger partial charge in [0.05, 0.1) is 11.6 Å². The number of halogens is 2. The van der Waals surface area contributed by atoms with Crippen LogP contribution in [0, 0.1) is 5.82 Å². The van der Waals surface area contributed by atoms with Crippen LogP contribution in [0.4, 0.5) is 4.39 Å². The minimum absolute atomic E-state index is 0. The van der Waals surface area contributed by atoms with Crippen molar-refractivity contribution in [3.8, 4) is 0 Å². The van der Waals surface area contributed by atoms with Crippen LogP contribution in [0.3, 0.4) is 0 Å². The van der Waals surface area contributed by atoms with Crippen LogP contribution in [-0.4, -0.2) is 24.6 Å². The van der Waals surface area contributed by atoms with Gasteiger partial charge in [0.2, 0.25) is 5.91 Å². The zero-order valence-electron chi connectivity index (χ0n) is 13.6. The third-order valence-corrected chi connectivity index (χ3v) is 3.55. The van der Waals surface area contributed by atoms with Gasteiger partial charge in [0, 0.05) is 7.11 Å². The largest absolute Gasteiger partial charge is 0.375 e. The Morgan fingerprint density at radius 2 is 1.95 bits per heavy atom. The third-order valence-electron chi connectivity index (χ3n) is 3.55. The number of nitrogens with two attached hydrogens (primary N) is 1. The Hall–Kier alpha value is -1.17. The monoisotopic (exact) mass is 332 g/mol. The zero-order valence-corrected chi connectivity index (χ0v) is 14.4. The number of hydrogen-bond donors (Lipinski definition) is 2. The van der Waals surface area contributed by atoms with Gasteiger partial charge in [0.15, 0.2) is 0 Å². The maximum Gasteiger partial charge on any atom is 0.240 e. The summed E-state index contributed by atoms with van der Waals surface area (Å²) in [5.41, 5.74) is 5.92. The van der Waals surface area contributed by atoms with Gasteiger partial charge in [-0.25, -0.2) is 4.39 Å². The predicted molar refractivity (Wildman–Crippen MR) is 88.5 cm³/mol. The summed E-state index contributed by atoms with van der Waals surface area (Å²) in [7, 11) is 1.56. The van der Waals surface area contributed by atoms with Crippen LogP contribution < -0.4 is 11.1 Å². The van der Waals surface area contributed by atoms with E-state index in [1.807, 2.05) is 13.8 Å². The highest BCUT2D eigenvalue weighted by Gasteiger charge is 2.30. The average molecular weight is 333 g/mol. The van der Waals surface area contributed by atoms with Gasteiger partial charge in [-0.2, -0.15) is 0 Å². The van der Waals surface area contributed by atoms with E-state index in [0.717, 1.165) is 12.0 Å². The molecule has 3 N–H and O–H groups in total. The number of methoxy groups -OCH3 is 1. The van der Waals surface area contributed by atoms with Crippen LogP contribution in [0.5, 0.6) is 0 Å². The normalized spacial score (nSPS) is 16.1. The highest BCUT2D eigenvalue weighted by molar-refractivity contribution is 5.86. The average Bonchev–Trinajstić information content (AvgIpc) is 2.41. The molecule has 0 heterocycles. The standard InChI is InChI=1S/C16H25FN2O2.ClH/c1-5-10-16(3,18)15(20)19-11(2)14(21-4)12-6-8-13(17)9-7-12;/h6-9,11,14H,5,10,18H2,1-4H3,(H,19,20);1H. The van der Waals surface area contributed by atoms with Crippen LogP contribution in [0.1, 0.15) is 45.3 Å². The van der Waals surface area contributed by atoms with Crippen molar-refractivity contribution in [3.63, 3.8) is 0 Å². The second-order valence-corrected chi connectivity index (χ2v) is 5.64. The molecule has 126 valence electrons. The fourth-order valence-electron chi connectivity index (χ4n) is 2.36. The first-order valence-corrected chi connectivity index (χ1v) is 7.20. The molecule has 6 heteroatoms. The fraction of sp³-hybridized carbons (Fsp3) is 0.562. The molecule has 0 aromatic heterocycles. The van der Waals surface area contributed by atoms with Gasteiger partial charge in [-0.05, 0) is 38.0 Å². The van der Waals surface area contributed by atoms with Crippen LogP contribution in [-0.2, 0) is 9.53 Å². The Bertz CT molecular complexity index is 466. The van der Waals surface area contributed by atoms with Crippen LogP contribution >= 0.6 is 12.4 Å². The molecule has 1 aromatic rings. The molecule has 3 atom stereocenters. The van der Waals surface area contributed by atoms with Crippen LogP contribution in [0.25, 0.3) is 0 Å².